The van der Waals surface area contributed by atoms with E-state index in [1.54, 1.807) is 0 Å². The van der Waals surface area contributed by atoms with E-state index in [2.05, 4.69) is 21.1 Å². The number of carboxylic acid groups (broad SMARTS) is 1. The first-order valence-electron chi connectivity index (χ1n) is 9.02. The summed E-state index contributed by atoms with van der Waals surface area (Å²) in [4.78, 5) is 22.0. The first-order chi connectivity index (χ1) is 12.3. The number of likely N-dealkylation sites (N-methyl/N-ethyl adjacent to an activating group) is 1. The Morgan fingerprint density at radius 1 is 1.19 bits per heavy atom. The summed E-state index contributed by atoms with van der Waals surface area (Å²) in [6.45, 7) is 5.06. The number of aliphatic hydroxyl groups is 1. The zero-order chi connectivity index (χ0) is 21.7. The van der Waals surface area contributed by atoms with Crippen LogP contribution in [0.5, 0.6) is 0 Å². The summed E-state index contributed by atoms with van der Waals surface area (Å²) in [5.74, 6) is -2.92. The number of ether oxygens (including phenoxy) is 1. The SMILES string of the molecule is CCCCC(CC)COC(=O)C(CC(=O)[O-])S(=O)(=O)O.C[N+](C)(C)CCO. The van der Waals surface area contributed by atoms with Crippen molar-refractivity contribution in [1.82, 2.24) is 0 Å². The fourth-order valence-corrected chi connectivity index (χ4v) is 2.61. The van der Waals surface area contributed by atoms with Gasteiger partial charge in [-0.05, 0) is 12.3 Å². The fourth-order valence-electron chi connectivity index (χ4n) is 1.95. The standard InChI is InChI=1S/C12H22O7S.C5H14NO/c1-3-5-6-9(4-2)8-19-12(15)10(7-11(13)14)20(16,17)18;1-6(2,3)4-5-7/h9-10H,3-8H2,1-2H3,(H,13,14)(H,16,17,18);7H,4-5H2,1-3H3/q;+1/p-1. The number of aliphatic hydroxyl groups excluding tert-OH is 1. The van der Waals surface area contributed by atoms with Crippen LogP contribution in [-0.2, 0) is 24.4 Å². The van der Waals surface area contributed by atoms with Gasteiger partial charge in [0.2, 0.25) is 0 Å². The van der Waals surface area contributed by atoms with Crippen LogP contribution in [-0.4, -0.2) is 80.7 Å². The molecule has 0 heterocycles. The largest absolute Gasteiger partial charge is 0.550 e. The Hall–Kier alpha value is -1.23. The summed E-state index contributed by atoms with van der Waals surface area (Å²) in [7, 11) is 1.33. The number of quaternary nitrogens is 1. The van der Waals surface area contributed by atoms with E-state index in [-0.39, 0.29) is 19.1 Å². The Kier molecular flexibility index (Phi) is 14.4. The third-order valence-corrected chi connectivity index (χ3v) is 4.83. The highest BCUT2D eigenvalue weighted by atomic mass is 32.2. The van der Waals surface area contributed by atoms with E-state index in [1.807, 2.05) is 13.8 Å². The van der Waals surface area contributed by atoms with Crippen LogP contribution >= 0.6 is 0 Å². The number of esters is 1. The first-order valence-corrected chi connectivity index (χ1v) is 10.5. The molecule has 0 rings (SSSR count). The second kappa shape index (κ2) is 13.9. The lowest BCUT2D eigenvalue weighted by Crippen LogP contribution is -2.38. The average Bonchev–Trinajstić information content (AvgIpc) is 2.50. The minimum atomic E-state index is -4.83. The molecule has 0 aliphatic heterocycles. The van der Waals surface area contributed by atoms with Gasteiger partial charge in [-0.2, -0.15) is 8.42 Å². The minimum absolute atomic E-state index is 0.00833. The molecule has 0 saturated heterocycles. The van der Waals surface area contributed by atoms with E-state index >= 15 is 0 Å². The lowest BCUT2D eigenvalue weighted by atomic mass is 10.0. The Bertz CT molecular complexity index is 528. The number of unbranched alkanes of at least 4 members (excludes halogenated alkanes) is 1. The highest BCUT2D eigenvalue weighted by Gasteiger charge is 2.33. The van der Waals surface area contributed by atoms with Crippen molar-refractivity contribution < 1.29 is 42.0 Å². The molecule has 0 aliphatic carbocycles. The summed E-state index contributed by atoms with van der Waals surface area (Å²) in [5, 5.41) is 16.7. The summed E-state index contributed by atoms with van der Waals surface area (Å²) >= 11 is 0. The van der Waals surface area contributed by atoms with E-state index in [0.29, 0.717) is 0 Å². The third-order valence-electron chi connectivity index (χ3n) is 3.75. The van der Waals surface area contributed by atoms with Crippen molar-refractivity contribution in [3.63, 3.8) is 0 Å². The topological polar surface area (TPSA) is 141 Å². The number of rotatable bonds is 12. The lowest BCUT2D eigenvalue weighted by molar-refractivity contribution is -0.870. The van der Waals surface area contributed by atoms with Gasteiger partial charge >= 0.3 is 5.97 Å². The Morgan fingerprint density at radius 3 is 2.04 bits per heavy atom. The Labute approximate surface area is 162 Å². The molecule has 0 aromatic carbocycles. The van der Waals surface area contributed by atoms with Crippen LogP contribution in [0.25, 0.3) is 0 Å². The summed E-state index contributed by atoms with van der Waals surface area (Å²) in [6, 6.07) is 0. The molecule has 27 heavy (non-hydrogen) atoms. The van der Waals surface area contributed by atoms with Gasteiger partial charge in [0, 0.05) is 12.4 Å². The Morgan fingerprint density at radius 2 is 1.74 bits per heavy atom. The van der Waals surface area contributed by atoms with Gasteiger partial charge in [0.05, 0.1) is 34.4 Å². The predicted molar refractivity (Wildman–Crippen MR) is 99.2 cm³/mol. The zero-order valence-electron chi connectivity index (χ0n) is 17.0. The molecule has 0 aromatic heterocycles. The van der Waals surface area contributed by atoms with Crippen molar-refractivity contribution >= 4 is 22.1 Å². The maximum absolute atomic E-state index is 11.6. The van der Waals surface area contributed by atoms with Gasteiger partial charge in [-0.25, -0.2) is 0 Å². The van der Waals surface area contributed by atoms with E-state index in [1.165, 1.54) is 0 Å². The number of carbonyl (C=O) groups excluding carboxylic acids is 2. The van der Waals surface area contributed by atoms with Crippen molar-refractivity contribution in [2.75, 3.05) is 40.9 Å². The van der Waals surface area contributed by atoms with Crippen LogP contribution in [0.15, 0.2) is 0 Å². The zero-order valence-corrected chi connectivity index (χ0v) is 17.8. The molecule has 0 aliphatic rings. The first kappa shape index (κ1) is 28.0. The molecule has 2 unspecified atom stereocenters. The van der Waals surface area contributed by atoms with Crippen molar-refractivity contribution in [2.24, 2.45) is 5.92 Å². The summed E-state index contributed by atoms with van der Waals surface area (Å²) in [5.41, 5.74) is 0. The van der Waals surface area contributed by atoms with Crippen molar-refractivity contribution in [3.05, 3.63) is 0 Å². The predicted octanol–water partition coefficient (Wildman–Crippen LogP) is -0.173. The van der Waals surface area contributed by atoms with Crippen LogP contribution in [0.4, 0.5) is 0 Å². The second-order valence-corrected chi connectivity index (χ2v) is 8.96. The summed E-state index contributed by atoms with van der Waals surface area (Å²) in [6.07, 6.45) is 2.41. The number of hydrogen-bond donors (Lipinski definition) is 2. The quantitative estimate of drug-likeness (QED) is 0.255. The second-order valence-electron chi connectivity index (χ2n) is 7.36. The number of carbonyl (C=O) groups is 2. The van der Waals surface area contributed by atoms with Crippen LogP contribution in [0.2, 0.25) is 0 Å². The monoisotopic (exact) mass is 413 g/mol. The molecule has 0 saturated carbocycles. The van der Waals surface area contributed by atoms with E-state index in [0.717, 1.165) is 36.7 Å². The molecule has 9 nitrogen and oxygen atoms in total. The molecular formula is C17H35NO8S. The summed E-state index contributed by atoms with van der Waals surface area (Å²) < 4.78 is 36.4. The maximum atomic E-state index is 11.6. The van der Waals surface area contributed by atoms with Crippen molar-refractivity contribution in [1.29, 1.82) is 0 Å². The molecule has 2 N–H and O–H groups in total. The molecular weight excluding hydrogens is 378 g/mol. The number of hydrogen-bond acceptors (Lipinski definition) is 7. The highest BCUT2D eigenvalue weighted by Crippen LogP contribution is 2.14. The number of nitrogens with zero attached hydrogens (tertiary/aromatic N) is 1. The molecule has 162 valence electrons. The fraction of sp³-hybridized carbons (Fsp3) is 0.882. The van der Waals surface area contributed by atoms with Gasteiger partial charge in [0.15, 0.2) is 5.25 Å². The lowest BCUT2D eigenvalue weighted by Gasteiger charge is -2.21. The molecule has 2 atom stereocenters. The average molecular weight is 414 g/mol. The number of aliphatic carboxylic acids is 1. The molecule has 0 radical (unpaired) electrons. The van der Waals surface area contributed by atoms with Gasteiger partial charge < -0.3 is 24.2 Å². The normalized spacial score (nSPS) is 13.9. The molecule has 0 aromatic rings. The van der Waals surface area contributed by atoms with E-state index in [9.17, 15) is 23.1 Å². The van der Waals surface area contributed by atoms with Crippen LogP contribution < -0.4 is 5.11 Å². The van der Waals surface area contributed by atoms with Crippen molar-refractivity contribution in [2.45, 2.75) is 51.2 Å². The van der Waals surface area contributed by atoms with E-state index in [4.69, 9.17) is 14.4 Å². The highest BCUT2D eigenvalue weighted by molar-refractivity contribution is 7.87. The van der Waals surface area contributed by atoms with Crippen LogP contribution in [0, 0.1) is 5.92 Å². The van der Waals surface area contributed by atoms with Gasteiger partial charge in [-0.15, -0.1) is 0 Å². The molecule has 10 heteroatoms. The smallest absolute Gasteiger partial charge is 0.327 e. The van der Waals surface area contributed by atoms with Gasteiger partial charge in [-0.3, -0.25) is 9.35 Å². The third kappa shape index (κ3) is 16.7. The Balaban J connectivity index is 0. The minimum Gasteiger partial charge on any atom is -0.550 e. The van der Waals surface area contributed by atoms with E-state index < -0.39 is 33.7 Å². The van der Waals surface area contributed by atoms with Crippen LogP contribution in [0.3, 0.4) is 0 Å². The maximum Gasteiger partial charge on any atom is 0.327 e. The molecule has 0 spiro atoms. The van der Waals surface area contributed by atoms with Gasteiger partial charge in [0.25, 0.3) is 10.1 Å². The van der Waals surface area contributed by atoms with Gasteiger partial charge in [-0.1, -0.05) is 33.1 Å². The van der Waals surface area contributed by atoms with Crippen molar-refractivity contribution in [3.8, 4) is 0 Å². The number of carboxylic acids is 1. The van der Waals surface area contributed by atoms with Gasteiger partial charge in [0.1, 0.15) is 6.54 Å². The molecule has 0 fully saturated rings. The molecule has 0 bridgehead atoms. The van der Waals surface area contributed by atoms with Crippen LogP contribution in [0.1, 0.15) is 46.0 Å². The molecule has 0 amide bonds.